The van der Waals surface area contributed by atoms with Gasteiger partial charge >= 0.3 is 6.18 Å². The van der Waals surface area contributed by atoms with Gasteiger partial charge in [-0.2, -0.15) is 13.2 Å². The Hall–Kier alpha value is -2.54. The zero-order valence-electron chi connectivity index (χ0n) is 13.9. The van der Waals surface area contributed by atoms with Crippen LogP contribution in [0.5, 0.6) is 5.75 Å². The van der Waals surface area contributed by atoms with E-state index in [1.807, 2.05) is 24.3 Å². The van der Waals surface area contributed by atoms with Crippen LogP contribution in [-0.4, -0.2) is 25.2 Å². The van der Waals surface area contributed by atoms with Crippen molar-refractivity contribution >= 4 is 5.91 Å². The van der Waals surface area contributed by atoms with E-state index in [0.29, 0.717) is 19.6 Å². The van der Waals surface area contributed by atoms with Gasteiger partial charge in [-0.1, -0.05) is 30.3 Å². The van der Waals surface area contributed by atoms with Gasteiger partial charge in [0, 0.05) is 13.0 Å². The Kier molecular flexibility index (Phi) is 5.46. The van der Waals surface area contributed by atoms with Gasteiger partial charge in [0.25, 0.3) is 5.91 Å². The quantitative estimate of drug-likeness (QED) is 0.884. The van der Waals surface area contributed by atoms with Crippen molar-refractivity contribution in [2.45, 2.75) is 25.3 Å². The smallest absolute Gasteiger partial charge is 0.416 e. The minimum absolute atomic E-state index is 0.00202. The van der Waals surface area contributed by atoms with Gasteiger partial charge < -0.3 is 14.8 Å². The summed E-state index contributed by atoms with van der Waals surface area (Å²) in [7, 11) is 0. The first-order valence-corrected chi connectivity index (χ1v) is 8.17. The fourth-order valence-electron chi connectivity index (χ4n) is 2.73. The Balaban J connectivity index is 1.45. The standard InChI is InChI=1S/C19H18F3NO3/c20-19(21,22)15-6-3-7-16(9-15)26-12-18(24)23-10-17-8-13-4-1-2-5-14(13)11-25-17/h1-7,9,17H,8,10-12H2,(H,23,24). The first-order valence-electron chi connectivity index (χ1n) is 8.17. The minimum Gasteiger partial charge on any atom is -0.484 e. The molecule has 0 saturated carbocycles. The molecule has 2 aromatic carbocycles. The number of carbonyl (C=O) groups excluding carboxylic acids is 1. The molecule has 138 valence electrons. The highest BCUT2D eigenvalue weighted by Crippen LogP contribution is 2.31. The minimum atomic E-state index is -4.45. The highest BCUT2D eigenvalue weighted by molar-refractivity contribution is 5.77. The van der Waals surface area contributed by atoms with E-state index in [1.165, 1.54) is 17.7 Å². The molecule has 7 heteroatoms. The van der Waals surface area contributed by atoms with Gasteiger partial charge in [0.15, 0.2) is 6.61 Å². The molecule has 3 rings (SSSR count). The summed E-state index contributed by atoms with van der Waals surface area (Å²) in [5.74, 6) is -0.414. The van der Waals surface area contributed by atoms with Crippen molar-refractivity contribution in [3.8, 4) is 5.75 Å². The maximum Gasteiger partial charge on any atom is 0.416 e. The van der Waals surface area contributed by atoms with E-state index in [-0.39, 0.29) is 18.5 Å². The maximum atomic E-state index is 12.7. The van der Waals surface area contributed by atoms with Gasteiger partial charge in [-0.15, -0.1) is 0 Å². The molecule has 0 radical (unpaired) electrons. The van der Waals surface area contributed by atoms with E-state index in [4.69, 9.17) is 9.47 Å². The lowest BCUT2D eigenvalue weighted by Crippen LogP contribution is -2.38. The van der Waals surface area contributed by atoms with Crippen molar-refractivity contribution in [3.05, 3.63) is 65.2 Å². The van der Waals surface area contributed by atoms with Crippen LogP contribution in [0.25, 0.3) is 0 Å². The molecule has 1 unspecified atom stereocenters. The number of hydrogen-bond donors (Lipinski definition) is 1. The number of fused-ring (bicyclic) bond motifs is 1. The monoisotopic (exact) mass is 365 g/mol. The average Bonchev–Trinajstić information content (AvgIpc) is 2.64. The molecular formula is C19H18F3NO3. The first kappa shape index (κ1) is 18.3. The molecular weight excluding hydrogens is 347 g/mol. The third-order valence-corrected chi connectivity index (χ3v) is 4.10. The number of alkyl halides is 3. The van der Waals surface area contributed by atoms with Crippen LogP contribution in [0.15, 0.2) is 48.5 Å². The van der Waals surface area contributed by atoms with Crippen molar-refractivity contribution < 1.29 is 27.4 Å². The summed E-state index contributed by atoms with van der Waals surface area (Å²) < 4.78 is 48.8. The van der Waals surface area contributed by atoms with Gasteiger partial charge in [-0.3, -0.25) is 4.79 Å². The number of halogens is 3. The van der Waals surface area contributed by atoms with Crippen LogP contribution in [0, 0.1) is 0 Å². The van der Waals surface area contributed by atoms with Crippen LogP contribution >= 0.6 is 0 Å². The SMILES string of the molecule is O=C(COc1cccc(C(F)(F)F)c1)NCC1Cc2ccccc2CO1. The summed E-state index contributed by atoms with van der Waals surface area (Å²) >= 11 is 0. The van der Waals surface area contributed by atoms with Crippen molar-refractivity contribution in [1.82, 2.24) is 5.32 Å². The topological polar surface area (TPSA) is 47.6 Å². The van der Waals surface area contributed by atoms with Gasteiger partial charge in [-0.25, -0.2) is 0 Å². The Morgan fingerprint density at radius 2 is 1.92 bits per heavy atom. The molecule has 0 saturated heterocycles. The molecule has 1 aliphatic heterocycles. The second kappa shape index (κ2) is 7.78. The number of rotatable bonds is 5. The summed E-state index contributed by atoms with van der Waals surface area (Å²) in [6.07, 6.45) is -3.89. The number of nitrogens with one attached hydrogen (secondary N) is 1. The number of benzene rings is 2. The fraction of sp³-hybridized carbons (Fsp3) is 0.316. The van der Waals surface area contributed by atoms with Crippen molar-refractivity contribution in [3.63, 3.8) is 0 Å². The molecule has 0 aromatic heterocycles. The van der Waals surface area contributed by atoms with E-state index in [0.717, 1.165) is 17.7 Å². The average molecular weight is 365 g/mol. The third kappa shape index (κ3) is 4.76. The fourth-order valence-corrected chi connectivity index (χ4v) is 2.73. The number of carbonyl (C=O) groups is 1. The van der Waals surface area contributed by atoms with Crippen LogP contribution in [-0.2, 0) is 28.7 Å². The molecule has 2 aromatic rings. The van der Waals surface area contributed by atoms with Crippen molar-refractivity contribution in [1.29, 1.82) is 0 Å². The Labute approximate surface area is 148 Å². The molecule has 1 atom stereocenters. The molecule has 26 heavy (non-hydrogen) atoms. The maximum absolute atomic E-state index is 12.7. The van der Waals surface area contributed by atoms with Crippen molar-refractivity contribution in [2.75, 3.05) is 13.2 Å². The number of amides is 1. The summed E-state index contributed by atoms with van der Waals surface area (Å²) in [5, 5.41) is 2.69. The van der Waals surface area contributed by atoms with Crippen molar-refractivity contribution in [2.24, 2.45) is 0 Å². The van der Waals surface area contributed by atoms with Gasteiger partial charge in [0.2, 0.25) is 0 Å². The van der Waals surface area contributed by atoms with Gasteiger partial charge in [-0.05, 0) is 29.3 Å². The molecule has 1 aliphatic rings. The summed E-state index contributed by atoms with van der Waals surface area (Å²) in [6, 6.07) is 12.4. The largest absolute Gasteiger partial charge is 0.484 e. The lowest BCUT2D eigenvalue weighted by atomic mass is 9.99. The zero-order valence-corrected chi connectivity index (χ0v) is 13.9. The molecule has 0 fully saturated rings. The van der Waals surface area contributed by atoms with Crippen LogP contribution < -0.4 is 10.1 Å². The van der Waals surface area contributed by atoms with Crippen LogP contribution in [0.2, 0.25) is 0 Å². The summed E-state index contributed by atoms with van der Waals surface area (Å²) in [4.78, 5) is 11.9. The lowest BCUT2D eigenvalue weighted by molar-refractivity contribution is -0.137. The molecule has 1 amide bonds. The Morgan fingerprint density at radius 1 is 1.15 bits per heavy atom. The third-order valence-electron chi connectivity index (χ3n) is 4.10. The van der Waals surface area contributed by atoms with Gasteiger partial charge in [0.05, 0.1) is 18.3 Å². The normalized spacial score (nSPS) is 16.7. The van der Waals surface area contributed by atoms with Gasteiger partial charge in [0.1, 0.15) is 5.75 Å². The predicted molar refractivity (Wildman–Crippen MR) is 88.7 cm³/mol. The van der Waals surface area contributed by atoms with Crippen LogP contribution in [0.4, 0.5) is 13.2 Å². The Morgan fingerprint density at radius 3 is 2.69 bits per heavy atom. The van der Waals surface area contributed by atoms with E-state index >= 15 is 0 Å². The van der Waals surface area contributed by atoms with E-state index < -0.39 is 17.6 Å². The zero-order chi connectivity index (χ0) is 18.6. The summed E-state index contributed by atoms with van der Waals surface area (Å²) in [5.41, 5.74) is 1.52. The molecule has 4 nitrogen and oxygen atoms in total. The van der Waals surface area contributed by atoms with E-state index in [2.05, 4.69) is 5.32 Å². The molecule has 0 spiro atoms. The summed E-state index contributed by atoms with van der Waals surface area (Å²) in [6.45, 7) is 0.460. The molecule has 1 heterocycles. The lowest BCUT2D eigenvalue weighted by Gasteiger charge is -2.25. The van der Waals surface area contributed by atoms with Crippen LogP contribution in [0.1, 0.15) is 16.7 Å². The van der Waals surface area contributed by atoms with E-state index in [1.54, 1.807) is 0 Å². The molecule has 0 aliphatic carbocycles. The van der Waals surface area contributed by atoms with E-state index in [9.17, 15) is 18.0 Å². The molecule has 0 bridgehead atoms. The number of ether oxygens (including phenoxy) is 2. The highest BCUT2D eigenvalue weighted by Gasteiger charge is 2.30. The second-order valence-electron chi connectivity index (χ2n) is 6.02. The van der Waals surface area contributed by atoms with Crippen LogP contribution in [0.3, 0.4) is 0 Å². The number of hydrogen-bond acceptors (Lipinski definition) is 3. The highest BCUT2D eigenvalue weighted by atomic mass is 19.4. The first-order chi connectivity index (χ1) is 12.4. The predicted octanol–water partition coefficient (Wildman–Crippen LogP) is 3.34. The second-order valence-corrected chi connectivity index (χ2v) is 6.02. The Bertz CT molecular complexity index is 777. The molecule has 1 N–H and O–H groups in total.